The average Bonchev–Trinajstić information content (AvgIpc) is 3.00. The first-order valence-electron chi connectivity index (χ1n) is 8.79. The summed E-state index contributed by atoms with van der Waals surface area (Å²) in [5.41, 5.74) is 2.67. The Kier molecular flexibility index (Phi) is 5.05. The van der Waals surface area contributed by atoms with Crippen molar-refractivity contribution in [1.29, 1.82) is 5.26 Å². The van der Waals surface area contributed by atoms with Crippen LogP contribution in [0.15, 0.2) is 24.5 Å². The molecule has 2 N–H and O–H groups in total. The Morgan fingerprint density at radius 2 is 2.00 bits per heavy atom. The molecule has 0 saturated carbocycles. The Morgan fingerprint density at radius 1 is 1.31 bits per heavy atom. The highest BCUT2D eigenvalue weighted by atomic mass is 16.3. The summed E-state index contributed by atoms with van der Waals surface area (Å²) in [6.45, 7) is 7.08. The summed E-state index contributed by atoms with van der Waals surface area (Å²) < 4.78 is 0. The first-order chi connectivity index (χ1) is 12.4. The van der Waals surface area contributed by atoms with Crippen LogP contribution in [-0.2, 0) is 4.79 Å². The third kappa shape index (κ3) is 3.33. The molecule has 1 fully saturated rings. The van der Waals surface area contributed by atoms with Crippen molar-refractivity contribution in [1.82, 2.24) is 15.3 Å². The van der Waals surface area contributed by atoms with Crippen LogP contribution in [0.25, 0.3) is 11.0 Å². The van der Waals surface area contributed by atoms with Gasteiger partial charge in [-0.15, -0.1) is 0 Å². The number of anilines is 1. The Balaban J connectivity index is 1.83. The molecular weight excluding hydrogens is 330 g/mol. The van der Waals surface area contributed by atoms with Crippen molar-refractivity contribution in [3.05, 3.63) is 30.1 Å². The molecule has 26 heavy (non-hydrogen) atoms. The van der Waals surface area contributed by atoms with E-state index in [-0.39, 0.29) is 23.8 Å². The summed E-state index contributed by atoms with van der Waals surface area (Å²) in [5.74, 6) is -0.232. The van der Waals surface area contributed by atoms with Crippen LogP contribution in [0, 0.1) is 23.2 Å². The zero-order valence-electron chi connectivity index (χ0n) is 15.2. The largest absolute Gasteiger partial charge is 0.383 e. The Labute approximate surface area is 152 Å². The summed E-state index contributed by atoms with van der Waals surface area (Å²) in [5, 5.41) is 22.2. The second kappa shape index (κ2) is 7.26. The number of aliphatic hydroxyl groups excluding tert-OH is 1. The van der Waals surface area contributed by atoms with Gasteiger partial charge in [0, 0.05) is 25.5 Å². The summed E-state index contributed by atoms with van der Waals surface area (Å²) in [6.07, 6.45) is 2.19. The van der Waals surface area contributed by atoms with Crippen LogP contribution in [0.4, 0.5) is 5.69 Å². The van der Waals surface area contributed by atoms with E-state index in [2.05, 4.69) is 33.2 Å². The molecule has 1 amide bonds. The van der Waals surface area contributed by atoms with Crippen LogP contribution in [0.1, 0.15) is 26.3 Å². The molecule has 0 unspecified atom stereocenters. The summed E-state index contributed by atoms with van der Waals surface area (Å²) >= 11 is 0. The number of hydrogen-bond donors (Lipinski definition) is 2. The average molecular weight is 353 g/mol. The highest BCUT2D eigenvalue weighted by Gasteiger charge is 2.33. The maximum absolute atomic E-state index is 12.2. The van der Waals surface area contributed by atoms with E-state index in [9.17, 15) is 15.2 Å². The summed E-state index contributed by atoms with van der Waals surface area (Å²) in [4.78, 5) is 23.0. The quantitative estimate of drug-likeness (QED) is 0.863. The summed E-state index contributed by atoms with van der Waals surface area (Å²) in [6, 6.07) is 5.73. The Bertz CT molecular complexity index is 861. The number of nitrogens with zero attached hydrogens (tertiary/aromatic N) is 4. The number of fused-ring (bicyclic) bond motifs is 1. The first kappa shape index (κ1) is 18.1. The van der Waals surface area contributed by atoms with E-state index in [1.807, 2.05) is 19.9 Å². The molecule has 3 rings (SSSR count). The van der Waals surface area contributed by atoms with Gasteiger partial charge in [0.15, 0.2) is 0 Å². The lowest BCUT2D eigenvalue weighted by molar-refractivity contribution is -0.132. The lowest BCUT2D eigenvalue weighted by Gasteiger charge is -2.22. The van der Waals surface area contributed by atoms with Crippen LogP contribution in [-0.4, -0.2) is 46.2 Å². The van der Waals surface area contributed by atoms with Crippen LogP contribution in [0.3, 0.4) is 0 Å². The van der Waals surface area contributed by atoms with Crippen LogP contribution >= 0.6 is 0 Å². The van der Waals surface area contributed by atoms with Crippen molar-refractivity contribution in [2.24, 2.45) is 11.8 Å². The van der Waals surface area contributed by atoms with Crippen LogP contribution in [0.2, 0.25) is 0 Å². The topological polar surface area (TPSA) is 102 Å². The SMILES string of the molecule is CC(C)[C@@H](O)C(=O)N[C@H]1CN(c2ccc(C#N)c3nccnc23)C[C@H]1C. The minimum Gasteiger partial charge on any atom is -0.383 e. The number of aromatic nitrogens is 2. The standard InChI is InChI=1S/C19H23N5O2/c1-11(2)18(25)19(26)23-14-10-24(9-12(14)3)15-5-4-13(8-20)16-17(15)22-7-6-21-16/h4-7,11-12,14,18,25H,9-10H2,1-3H3,(H,23,26)/t12-,14+,18-/m1/s1. The number of nitrogens with one attached hydrogen (secondary N) is 1. The molecule has 1 aromatic carbocycles. The maximum Gasteiger partial charge on any atom is 0.249 e. The van der Waals surface area contributed by atoms with Gasteiger partial charge in [-0.3, -0.25) is 14.8 Å². The summed E-state index contributed by atoms with van der Waals surface area (Å²) in [7, 11) is 0. The molecule has 0 aliphatic carbocycles. The predicted octanol–water partition coefficient (Wildman–Crippen LogP) is 1.46. The van der Waals surface area contributed by atoms with E-state index >= 15 is 0 Å². The molecule has 0 spiro atoms. The van der Waals surface area contributed by atoms with Gasteiger partial charge in [0.25, 0.3) is 0 Å². The third-order valence-corrected chi connectivity index (χ3v) is 4.91. The molecule has 0 radical (unpaired) electrons. The van der Waals surface area contributed by atoms with Gasteiger partial charge in [-0.1, -0.05) is 20.8 Å². The van der Waals surface area contributed by atoms with Crippen molar-refractivity contribution in [2.45, 2.75) is 32.9 Å². The van der Waals surface area contributed by atoms with Gasteiger partial charge in [0.05, 0.1) is 17.3 Å². The van der Waals surface area contributed by atoms with Gasteiger partial charge in [-0.2, -0.15) is 5.26 Å². The van der Waals surface area contributed by atoms with Crippen LogP contribution in [0.5, 0.6) is 0 Å². The molecule has 136 valence electrons. The van der Waals surface area contributed by atoms with Crippen molar-refractivity contribution in [3.8, 4) is 6.07 Å². The minimum atomic E-state index is -1.00. The van der Waals surface area contributed by atoms with Crippen molar-refractivity contribution >= 4 is 22.6 Å². The molecule has 1 saturated heterocycles. The number of carbonyl (C=O) groups excluding carboxylic acids is 1. The molecule has 1 aliphatic heterocycles. The lowest BCUT2D eigenvalue weighted by atomic mass is 10.0. The lowest BCUT2D eigenvalue weighted by Crippen LogP contribution is -2.46. The van der Waals surface area contributed by atoms with Crippen molar-refractivity contribution < 1.29 is 9.90 Å². The number of nitriles is 1. The van der Waals surface area contributed by atoms with E-state index in [0.29, 0.717) is 23.1 Å². The number of amides is 1. The van der Waals surface area contributed by atoms with Gasteiger partial charge >= 0.3 is 0 Å². The second-order valence-electron chi connectivity index (χ2n) is 7.18. The highest BCUT2D eigenvalue weighted by molar-refractivity contribution is 5.92. The molecule has 3 atom stereocenters. The van der Waals surface area contributed by atoms with Crippen molar-refractivity contribution in [3.63, 3.8) is 0 Å². The molecule has 2 aromatic rings. The van der Waals surface area contributed by atoms with Gasteiger partial charge in [0.1, 0.15) is 23.2 Å². The smallest absolute Gasteiger partial charge is 0.249 e. The number of benzene rings is 1. The van der Waals surface area contributed by atoms with Gasteiger partial charge in [-0.05, 0) is 24.0 Å². The monoisotopic (exact) mass is 353 g/mol. The van der Waals surface area contributed by atoms with Gasteiger partial charge < -0.3 is 15.3 Å². The number of carbonyl (C=O) groups is 1. The van der Waals surface area contributed by atoms with E-state index in [1.165, 1.54) is 0 Å². The van der Waals surface area contributed by atoms with E-state index < -0.39 is 6.10 Å². The zero-order valence-corrected chi connectivity index (χ0v) is 15.2. The predicted molar refractivity (Wildman–Crippen MR) is 98.4 cm³/mol. The van der Waals surface area contributed by atoms with Gasteiger partial charge in [0.2, 0.25) is 5.91 Å². The molecule has 1 aliphatic rings. The molecule has 0 bridgehead atoms. The number of rotatable bonds is 4. The minimum absolute atomic E-state index is 0.0572. The first-order valence-corrected chi connectivity index (χ1v) is 8.79. The Hall–Kier alpha value is -2.72. The van der Waals surface area contributed by atoms with E-state index in [1.54, 1.807) is 18.5 Å². The number of hydrogen-bond acceptors (Lipinski definition) is 6. The molecule has 7 nitrogen and oxygen atoms in total. The molecular formula is C19H23N5O2. The third-order valence-electron chi connectivity index (χ3n) is 4.91. The molecule has 7 heteroatoms. The maximum atomic E-state index is 12.2. The fourth-order valence-corrected chi connectivity index (χ4v) is 3.31. The zero-order chi connectivity index (χ0) is 18.8. The van der Waals surface area contributed by atoms with Gasteiger partial charge in [-0.25, -0.2) is 0 Å². The Morgan fingerprint density at radius 3 is 2.65 bits per heavy atom. The fraction of sp³-hybridized carbons (Fsp3) is 0.474. The normalized spacial score (nSPS) is 21.0. The van der Waals surface area contributed by atoms with E-state index in [4.69, 9.17) is 0 Å². The number of aliphatic hydroxyl groups is 1. The van der Waals surface area contributed by atoms with Crippen molar-refractivity contribution in [2.75, 3.05) is 18.0 Å². The fourth-order valence-electron chi connectivity index (χ4n) is 3.31. The molecule has 2 heterocycles. The molecule has 1 aromatic heterocycles. The van der Waals surface area contributed by atoms with Crippen LogP contribution < -0.4 is 10.2 Å². The van der Waals surface area contributed by atoms with E-state index in [0.717, 1.165) is 12.2 Å². The highest BCUT2D eigenvalue weighted by Crippen LogP contribution is 2.30. The second-order valence-corrected chi connectivity index (χ2v) is 7.18.